The van der Waals surface area contributed by atoms with Gasteiger partial charge >= 0.3 is 0 Å². The van der Waals surface area contributed by atoms with Gasteiger partial charge in [-0.25, -0.2) is 0 Å². The lowest BCUT2D eigenvalue weighted by molar-refractivity contribution is -0.124. The van der Waals surface area contributed by atoms with Gasteiger partial charge < -0.3 is 5.32 Å². The van der Waals surface area contributed by atoms with Gasteiger partial charge in [-0.1, -0.05) is 35.7 Å². The fourth-order valence-electron chi connectivity index (χ4n) is 2.90. The molecule has 114 valence electrons. The van der Waals surface area contributed by atoms with Crippen molar-refractivity contribution in [3.8, 4) is 0 Å². The zero-order chi connectivity index (χ0) is 15.7. The summed E-state index contributed by atoms with van der Waals surface area (Å²) in [6.07, 6.45) is 4.30. The van der Waals surface area contributed by atoms with Gasteiger partial charge in [0.05, 0.1) is 5.41 Å². The maximum absolute atomic E-state index is 12.8. The lowest BCUT2D eigenvalue weighted by Crippen LogP contribution is -2.46. The number of pyridine rings is 1. The number of nitrogens with zero attached hydrogens (tertiary/aromatic N) is 1. The molecular formula is C17H16Cl2N2O. The molecule has 0 unspecified atom stereocenters. The first-order chi connectivity index (χ1) is 10.5. The molecule has 0 atom stereocenters. The first kappa shape index (κ1) is 15.3. The normalized spacial score (nSPS) is 16.0. The Bertz CT molecular complexity index is 726. The molecule has 1 aromatic heterocycles. The van der Waals surface area contributed by atoms with E-state index in [1.54, 1.807) is 24.4 Å². The summed E-state index contributed by atoms with van der Waals surface area (Å²) in [4.78, 5) is 17.0. The minimum atomic E-state index is -0.557. The molecule has 1 amide bonds. The Balaban J connectivity index is 1.91. The number of aromatic nitrogens is 1. The van der Waals surface area contributed by atoms with E-state index in [-0.39, 0.29) is 5.91 Å². The summed E-state index contributed by atoms with van der Waals surface area (Å²) in [7, 11) is 0. The second kappa shape index (κ2) is 5.90. The van der Waals surface area contributed by atoms with Crippen LogP contribution in [0, 0.1) is 6.92 Å². The third-order valence-electron chi connectivity index (χ3n) is 4.24. The quantitative estimate of drug-likeness (QED) is 0.879. The summed E-state index contributed by atoms with van der Waals surface area (Å²) < 4.78 is 0. The monoisotopic (exact) mass is 334 g/mol. The minimum absolute atomic E-state index is 0.0198. The number of rotatable bonds is 3. The van der Waals surface area contributed by atoms with Gasteiger partial charge in [-0.3, -0.25) is 9.78 Å². The predicted molar refractivity (Wildman–Crippen MR) is 89.6 cm³/mol. The van der Waals surface area contributed by atoms with Gasteiger partial charge in [0, 0.05) is 27.6 Å². The van der Waals surface area contributed by atoms with Gasteiger partial charge in [0.25, 0.3) is 0 Å². The van der Waals surface area contributed by atoms with Gasteiger partial charge in [0.2, 0.25) is 5.91 Å². The average molecular weight is 335 g/mol. The molecule has 2 aromatic rings. The van der Waals surface area contributed by atoms with Crippen molar-refractivity contribution in [2.75, 3.05) is 5.32 Å². The molecule has 3 nitrogen and oxygen atoms in total. The fraction of sp³-hybridized carbons (Fsp3) is 0.294. The Labute approximate surface area is 139 Å². The zero-order valence-corrected chi connectivity index (χ0v) is 13.7. The van der Waals surface area contributed by atoms with E-state index in [4.69, 9.17) is 23.2 Å². The highest BCUT2D eigenvalue weighted by Crippen LogP contribution is 2.47. The van der Waals surface area contributed by atoms with Crippen molar-refractivity contribution in [1.82, 2.24) is 4.98 Å². The van der Waals surface area contributed by atoms with Crippen LogP contribution in [0.1, 0.15) is 30.5 Å². The van der Waals surface area contributed by atoms with Crippen LogP contribution in [0.4, 0.5) is 5.69 Å². The summed E-state index contributed by atoms with van der Waals surface area (Å²) in [5, 5.41) is 4.12. The molecular weight excluding hydrogens is 319 g/mol. The third kappa shape index (κ3) is 2.71. The smallest absolute Gasteiger partial charge is 0.235 e. The van der Waals surface area contributed by atoms with Gasteiger partial charge in [-0.2, -0.15) is 0 Å². The molecule has 0 saturated heterocycles. The number of hydrogen-bond acceptors (Lipinski definition) is 2. The van der Waals surface area contributed by atoms with E-state index in [1.165, 1.54) is 0 Å². The van der Waals surface area contributed by atoms with Gasteiger partial charge in [-0.05, 0) is 49.6 Å². The van der Waals surface area contributed by atoms with Gasteiger partial charge in [-0.15, -0.1) is 0 Å². The fourth-order valence-corrected chi connectivity index (χ4v) is 3.49. The average Bonchev–Trinajstić information content (AvgIpc) is 2.40. The van der Waals surface area contributed by atoms with Gasteiger partial charge in [0.15, 0.2) is 0 Å². The van der Waals surface area contributed by atoms with Gasteiger partial charge in [0.1, 0.15) is 0 Å². The van der Waals surface area contributed by atoms with Crippen LogP contribution in [0.25, 0.3) is 0 Å². The van der Waals surface area contributed by atoms with Crippen molar-refractivity contribution in [2.24, 2.45) is 0 Å². The number of aryl methyl sites for hydroxylation is 1. The molecule has 1 aliphatic rings. The highest BCUT2D eigenvalue weighted by Gasteiger charge is 2.46. The van der Waals surface area contributed by atoms with Crippen LogP contribution >= 0.6 is 23.2 Å². The molecule has 1 saturated carbocycles. The van der Waals surface area contributed by atoms with Crippen molar-refractivity contribution in [1.29, 1.82) is 0 Å². The van der Waals surface area contributed by atoms with Crippen LogP contribution in [0.15, 0.2) is 36.5 Å². The number of carbonyl (C=O) groups is 1. The topological polar surface area (TPSA) is 42.0 Å². The summed E-state index contributed by atoms with van der Waals surface area (Å²) >= 11 is 12.3. The minimum Gasteiger partial charge on any atom is -0.325 e. The van der Waals surface area contributed by atoms with Crippen LogP contribution in [0.5, 0.6) is 0 Å². The summed E-state index contributed by atoms with van der Waals surface area (Å²) in [5.41, 5.74) is 1.92. The predicted octanol–water partition coefficient (Wildman–Crippen LogP) is 4.76. The Morgan fingerprint density at radius 3 is 2.59 bits per heavy atom. The zero-order valence-electron chi connectivity index (χ0n) is 12.2. The van der Waals surface area contributed by atoms with Crippen LogP contribution < -0.4 is 5.32 Å². The highest BCUT2D eigenvalue weighted by atomic mass is 35.5. The Kier molecular flexibility index (Phi) is 4.11. The van der Waals surface area contributed by atoms with E-state index in [9.17, 15) is 4.79 Å². The SMILES string of the molecule is Cc1cc(NC(=O)C2(c3ccc(Cl)cc3Cl)CCC2)ccn1. The van der Waals surface area contributed by atoms with Crippen molar-refractivity contribution in [2.45, 2.75) is 31.6 Å². The molecule has 1 heterocycles. The Morgan fingerprint density at radius 2 is 2.00 bits per heavy atom. The first-order valence-electron chi connectivity index (χ1n) is 7.21. The van der Waals surface area contributed by atoms with Crippen molar-refractivity contribution in [3.63, 3.8) is 0 Å². The highest BCUT2D eigenvalue weighted by molar-refractivity contribution is 6.35. The molecule has 0 radical (unpaired) electrons. The molecule has 1 aromatic carbocycles. The molecule has 1 fully saturated rings. The van der Waals surface area contributed by atoms with E-state index in [0.29, 0.717) is 10.0 Å². The number of hydrogen-bond donors (Lipinski definition) is 1. The van der Waals surface area contributed by atoms with Crippen molar-refractivity contribution < 1.29 is 4.79 Å². The third-order valence-corrected chi connectivity index (χ3v) is 4.79. The maximum atomic E-state index is 12.8. The van der Waals surface area contributed by atoms with Crippen molar-refractivity contribution in [3.05, 3.63) is 57.8 Å². The van der Waals surface area contributed by atoms with E-state index < -0.39 is 5.41 Å². The molecule has 5 heteroatoms. The second-order valence-electron chi connectivity index (χ2n) is 5.70. The largest absolute Gasteiger partial charge is 0.325 e. The van der Waals surface area contributed by atoms with E-state index in [1.807, 2.05) is 19.1 Å². The first-order valence-corrected chi connectivity index (χ1v) is 7.96. The van der Waals surface area contributed by atoms with E-state index in [2.05, 4.69) is 10.3 Å². The van der Waals surface area contributed by atoms with Crippen LogP contribution in [-0.4, -0.2) is 10.9 Å². The molecule has 1 N–H and O–H groups in total. The molecule has 0 bridgehead atoms. The summed E-state index contributed by atoms with van der Waals surface area (Å²) in [5.74, 6) is -0.0198. The number of carbonyl (C=O) groups excluding carboxylic acids is 1. The number of benzene rings is 1. The summed E-state index contributed by atoms with van der Waals surface area (Å²) in [6.45, 7) is 1.89. The van der Waals surface area contributed by atoms with E-state index >= 15 is 0 Å². The van der Waals surface area contributed by atoms with Crippen LogP contribution in [-0.2, 0) is 10.2 Å². The van der Waals surface area contributed by atoms with Crippen molar-refractivity contribution >= 4 is 34.8 Å². The number of nitrogens with one attached hydrogen (secondary N) is 1. The lowest BCUT2D eigenvalue weighted by atomic mass is 9.63. The molecule has 22 heavy (non-hydrogen) atoms. The molecule has 0 spiro atoms. The van der Waals surface area contributed by atoms with E-state index in [0.717, 1.165) is 36.2 Å². The second-order valence-corrected chi connectivity index (χ2v) is 6.54. The number of amides is 1. The van der Waals surface area contributed by atoms with Crippen LogP contribution in [0.2, 0.25) is 10.0 Å². The Morgan fingerprint density at radius 1 is 1.23 bits per heavy atom. The number of anilines is 1. The molecule has 0 aliphatic heterocycles. The molecule has 1 aliphatic carbocycles. The summed E-state index contributed by atoms with van der Waals surface area (Å²) in [6, 6.07) is 8.99. The number of halogens is 2. The standard InChI is InChI=1S/C17H16Cl2N2O/c1-11-9-13(5-8-20-11)21-16(22)17(6-2-7-17)14-4-3-12(18)10-15(14)19/h3-5,8-10H,2,6-7H2,1H3,(H,20,21,22). The lowest BCUT2D eigenvalue weighted by Gasteiger charge is -2.41. The molecule has 3 rings (SSSR count). The maximum Gasteiger partial charge on any atom is 0.235 e. The van der Waals surface area contributed by atoms with Crippen LogP contribution in [0.3, 0.4) is 0 Å². The Hall–Kier alpha value is -1.58.